The van der Waals surface area contributed by atoms with Gasteiger partial charge in [0.1, 0.15) is 22.7 Å². The molecule has 5 aromatic rings. The Morgan fingerprint density at radius 1 is 0.854 bits per heavy atom. The number of para-hydroxylation sites is 1. The number of rotatable bonds is 6. The van der Waals surface area contributed by atoms with E-state index in [9.17, 15) is 15.3 Å². The number of aryl methyl sites for hydroxylation is 1. The Kier molecular flexibility index (Phi) is 7.32. The van der Waals surface area contributed by atoms with E-state index < -0.39 is 5.91 Å². The van der Waals surface area contributed by atoms with E-state index in [2.05, 4.69) is 34.2 Å². The summed E-state index contributed by atoms with van der Waals surface area (Å²) in [5, 5.41) is 23.4. The summed E-state index contributed by atoms with van der Waals surface area (Å²) in [7, 11) is 0. The van der Waals surface area contributed by atoms with E-state index in [1.807, 2.05) is 84.9 Å². The number of hydrogen-bond donors (Lipinski definition) is 1. The summed E-state index contributed by atoms with van der Waals surface area (Å²) in [6, 6.07) is 36.6. The van der Waals surface area contributed by atoms with Crippen LogP contribution in [-0.4, -0.2) is 10.5 Å². The zero-order valence-corrected chi connectivity index (χ0v) is 23.1. The van der Waals surface area contributed by atoms with Crippen LogP contribution in [0.3, 0.4) is 0 Å². The summed E-state index contributed by atoms with van der Waals surface area (Å²) in [4.78, 5) is 14.7. The number of carbonyl (C=O) groups excluding carboxylic acids is 1. The Morgan fingerprint density at radius 3 is 2.15 bits per heavy atom. The molecule has 0 fully saturated rings. The number of amides is 1. The summed E-state index contributed by atoms with van der Waals surface area (Å²) in [5.74, 6) is -0.518. The SMILES string of the molecule is N#CC(=Cc1cc(-c2ccccc2)n(-c2ccccc2)c1-c1ccccc1)C(=O)Nc1sc2c(c1C#N)CCCC2. The lowest BCUT2D eigenvalue weighted by molar-refractivity contribution is -0.112. The number of fused-ring (bicyclic) bond motifs is 1. The van der Waals surface area contributed by atoms with Gasteiger partial charge in [0.05, 0.1) is 17.0 Å². The third-order valence-corrected chi connectivity index (χ3v) is 8.54. The Labute approximate surface area is 243 Å². The number of nitrogens with one attached hydrogen (secondary N) is 1. The van der Waals surface area contributed by atoms with Crippen molar-refractivity contribution < 1.29 is 4.79 Å². The molecule has 1 amide bonds. The predicted molar refractivity (Wildman–Crippen MR) is 165 cm³/mol. The fraction of sp³-hybridized carbons (Fsp3) is 0.114. The summed E-state index contributed by atoms with van der Waals surface area (Å²) in [6.07, 6.45) is 5.55. The van der Waals surface area contributed by atoms with Crippen molar-refractivity contribution in [3.8, 4) is 40.3 Å². The quantitative estimate of drug-likeness (QED) is 0.171. The van der Waals surface area contributed by atoms with Crippen LogP contribution in [0.4, 0.5) is 5.00 Å². The molecule has 0 radical (unpaired) electrons. The van der Waals surface area contributed by atoms with Crippen molar-refractivity contribution in [3.05, 3.63) is 124 Å². The molecular weight excluding hydrogens is 524 g/mol. The van der Waals surface area contributed by atoms with E-state index in [1.54, 1.807) is 6.08 Å². The molecule has 0 saturated carbocycles. The van der Waals surface area contributed by atoms with Crippen LogP contribution in [0, 0.1) is 22.7 Å². The van der Waals surface area contributed by atoms with Crippen molar-refractivity contribution in [1.82, 2.24) is 4.57 Å². The normalized spacial score (nSPS) is 12.7. The second kappa shape index (κ2) is 11.5. The Bertz CT molecular complexity index is 1840. The zero-order valence-electron chi connectivity index (χ0n) is 22.3. The van der Waals surface area contributed by atoms with Crippen molar-refractivity contribution in [2.75, 3.05) is 5.32 Å². The molecule has 6 heteroatoms. The highest BCUT2D eigenvalue weighted by Crippen LogP contribution is 2.39. The standard InChI is InChI=1S/C35H26N4OS/c36-22-27(34(40)38-35-30(23-37)29-18-10-11-19-32(29)41-35)20-26-21-31(24-12-4-1-5-13-24)39(28-16-8-3-9-17-28)33(26)25-14-6-2-7-15-25/h1-9,12-17,20-21H,10-11,18-19H2,(H,38,40). The zero-order chi connectivity index (χ0) is 28.2. The third-order valence-electron chi connectivity index (χ3n) is 7.34. The maximum atomic E-state index is 13.5. The average molecular weight is 551 g/mol. The summed E-state index contributed by atoms with van der Waals surface area (Å²) in [5.41, 5.74) is 7.05. The lowest BCUT2D eigenvalue weighted by atomic mass is 9.96. The topological polar surface area (TPSA) is 81.6 Å². The van der Waals surface area contributed by atoms with Gasteiger partial charge in [0.25, 0.3) is 5.91 Å². The largest absolute Gasteiger partial charge is 0.312 e. The van der Waals surface area contributed by atoms with Gasteiger partial charge in [-0.05, 0) is 66.6 Å². The van der Waals surface area contributed by atoms with Gasteiger partial charge in [-0.3, -0.25) is 4.79 Å². The fourth-order valence-corrected chi connectivity index (χ4v) is 6.68. The second-order valence-corrected chi connectivity index (χ2v) is 11.0. The molecule has 5 nitrogen and oxygen atoms in total. The molecule has 0 bridgehead atoms. The van der Waals surface area contributed by atoms with Gasteiger partial charge in [0.2, 0.25) is 0 Å². The highest BCUT2D eigenvalue weighted by molar-refractivity contribution is 7.16. The maximum absolute atomic E-state index is 13.5. The van der Waals surface area contributed by atoms with Gasteiger partial charge < -0.3 is 9.88 Å². The summed E-state index contributed by atoms with van der Waals surface area (Å²) < 4.78 is 2.17. The minimum Gasteiger partial charge on any atom is -0.312 e. The van der Waals surface area contributed by atoms with Crippen LogP contribution in [0.2, 0.25) is 0 Å². The molecule has 198 valence electrons. The molecule has 0 unspecified atom stereocenters. The van der Waals surface area contributed by atoms with Gasteiger partial charge in [-0.1, -0.05) is 78.9 Å². The average Bonchev–Trinajstić information content (AvgIpc) is 3.58. The Hall–Kier alpha value is -5.17. The van der Waals surface area contributed by atoms with Crippen LogP contribution < -0.4 is 5.32 Å². The molecule has 2 heterocycles. The highest BCUT2D eigenvalue weighted by Gasteiger charge is 2.24. The molecule has 0 spiro atoms. The molecule has 2 aromatic heterocycles. The third kappa shape index (κ3) is 5.10. The number of anilines is 1. The van der Waals surface area contributed by atoms with Gasteiger partial charge >= 0.3 is 0 Å². The van der Waals surface area contributed by atoms with Crippen LogP contribution in [0.5, 0.6) is 0 Å². The van der Waals surface area contributed by atoms with E-state index in [-0.39, 0.29) is 5.57 Å². The highest BCUT2D eigenvalue weighted by atomic mass is 32.1. The van der Waals surface area contributed by atoms with Crippen molar-refractivity contribution in [2.24, 2.45) is 0 Å². The number of nitrogens with zero attached hydrogens (tertiary/aromatic N) is 3. The van der Waals surface area contributed by atoms with Crippen LogP contribution in [0.1, 0.15) is 34.4 Å². The lowest BCUT2D eigenvalue weighted by Gasteiger charge is -2.15. The molecule has 1 aliphatic carbocycles. The fourth-order valence-electron chi connectivity index (χ4n) is 5.44. The molecule has 1 aliphatic rings. The first-order valence-electron chi connectivity index (χ1n) is 13.6. The molecule has 41 heavy (non-hydrogen) atoms. The smallest absolute Gasteiger partial charge is 0.266 e. The number of thiophene rings is 1. The van der Waals surface area contributed by atoms with Gasteiger partial charge in [-0.25, -0.2) is 0 Å². The molecule has 0 atom stereocenters. The van der Waals surface area contributed by atoms with E-state index in [0.29, 0.717) is 10.6 Å². The van der Waals surface area contributed by atoms with Crippen LogP contribution in [-0.2, 0) is 17.6 Å². The number of benzene rings is 3. The van der Waals surface area contributed by atoms with E-state index >= 15 is 0 Å². The summed E-state index contributed by atoms with van der Waals surface area (Å²) >= 11 is 1.46. The van der Waals surface area contributed by atoms with E-state index in [0.717, 1.165) is 69.9 Å². The van der Waals surface area contributed by atoms with Crippen molar-refractivity contribution in [1.29, 1.82) is 10.5 Å². The van der Waals surface area contributed by atoms with Gasteiger partial charge in [-0.2, -0.15) is 10.5 Å². The minimum absolute atomic E-state index is 0.0257. The second-order valence-electron chi connectivity index (χ2n) is 9.89. The van der Waals surface area contributed by atoms with Crippen LogP contribution in [0.15, 0.2) is 103 Å². The Balaban J connectivity index is 1.50. The van der Waals surface area contributed by atoms with Crippen LogP contribution >= 0.6 is 11.3 Å². The Morgan fingerprint density at radius 2 is 1.49 bits per heavy atom. The number of aromatic nitrogens is 1. The monoisotopic (exact) mass is 550 g/mol. The van der Waals surface area contributed by atoms with Crippen LogP contribution in [0.25, 0.3) is 34.3 Å². The molecule has 1 N–H and O–H groups in total. The van der Waals surface area contributed by atoms with Crippen molar-refractivity contribution in [2.45, 2.75) is 25.7 Å². The first-order chi connectivity index (χ1) is 20.2. The van der Waals surface area contributed by atoms with Gasteiger partial charge in [0, 0.05) is 16.1 Å². The number of carbonyl (C=O) groups is 1. The van der Waals surface area contributed by atoms with E-state index in [4.69, 9.17) is 0 Å². The lowest BCUT2D eigenvalue weighted by Crippen LogP contribution is -2.13. The number of nitriles is 2. The molecular formula is C35H26N4OS. The summed E-state index contributed by atoms with van der Waals surface area (Å²) in [6.45, 7) is 0. The molecule has 6 rings (SSSR count). The van der Waals surface area contributed by atoms with Gasteiger partial charge in [-0.15, -0.1) is 11.3 Å². The molecule has 0 aliphatic heterocycles. The molecule has 0 saturated heterocycles. The van der Waals surface area contributed by atoms with Crippen molar-refractivity contribution >= 4 is 28.3 Å². The first-order valence-corrected chi connectivity index (χ1v) is 14.4. The van der Waals surface area contributed by atoms with Crippen molar-refractivity contribution in [3.63, 3.8) is 0 Å². The minimum atomic E-state index is -0.518. The maximum Gasteiger partial charge on any atom is 0.266 e. The number of hydrogen-bond acceptors (Lipinski definition) is 4. The first kappa shape index (κ1) is 26.1. The van der Waals surface area contributed by atoms with Gasteiger partial charge in [0.15, 0.2) is 0 Å². The predicted octanol–water partition coefficient (Wildman–Crippen LogP) is 8.17. The molecule has 3 aromatic carbocycles. The van der Waals surface area contributed by atoms with E-state index in [1.165, 1.54) is 11.3 Å².